The highest BCUT2D eigenvalue weighted by atomic mass is 32.2. The highest BCUT2D eigenvalue weighted by molar-refractivity contribution is 7.89. The second-order valence-electron chi connectivity index (χ2n) is 4.57. The van der Waals surface area contributed by atoms with Gasteiger partial charge < -0.3 is 10.3 Å². The van der Waals surface area contributed by atoms with E-state index in [1.54, 1.807) is 32.5 Å². The van der Waals surface area contributed by atoms with E-state index in [1.807, 2.05) is 0 Å². The lowest BCUT2D eigenvalue weighted by Gasteiger charge is -2.13. The van der Waals surface area contributed by atoms with E-state index in [1.165, 1.54) is 11.0 Å². The molecule has 0 amide bonds. The summed E-state index contributed by atoms with van der Waals surface area (Å²) in [7, 11) is -0.407. The Bertz CT molecular complexity index is 731. The van der Waals surface area contributed by atoms with Gasteiger partial charge in [0, 0.05) is 14.1 Å². The fourth-order valence-electron chi connectivity index (χ4n) is 1.97. The zero-order valence-corrected chi connectivity index (χ0v) is 12.5. The van der Waals surface area contributed by atoms with Crippen LogP contribution in [-0.2, 0) is 24.1 Å². The Labute approximate surface area is 116 Å². The third kappa shape index (κ3) is 2.39. The maximum Gasteiger partial charge on any atom is 0.246 e. The van der Waals surface area contributed by atoms with Crippen molar-refractivity contribution in [3.8, 4) is 0 Å². The molecule has 0 aliphatic heterocycles. The van der Waals surface area contributed by atoms with E-state index in [0.717, 1.165) is 0 Å². The van der Waals surface area contributed by atoms with Gasteiger partial charge in [-0.2, -0.15) is 5.10 Å². The largest absolute Gasteiger partial charge is 0.381 e. The Balaban J connectivity index is 2.35. The minimum Gasteiger partial charge on any atom is -0.381 e. The Kier molecular flexibility index (Phi) is 3.52. The van der Waals surface area contributed by atoms with Crippen LogP contribution < -0.4 is 10.5 Å². The van der Waals surface area contributed by atoms with Crippen LogP contribution in [0.4, 0.5) is 5.82 Å². The highest BCUT2D eigenvalue weighted by Gasteiger charge is 2.27. The molecular formula is C10H17N7O2S. The molecule has 20 heavy (non-hydrogen) atoms. The van der Waals surface area contributed by atoms with Crippen LogP contribution >= 0.6 is 0 Å². The summed E-state index contributed by atoms with van der Waals surface area (Å²) in [6.45, 7) is 3.33. The number of nitrogen functional groups attached to an aromatic ring is 1. The molecule has 0 aromatic carbocycles. The average Bonchev–Trinajstić information content (AvgIpc) is 2.83. The van der Waals surface area contributed by atoms with Crippen molar-refractivity contribution in [3.05, 3.63) is 17.8 Å². The molecule has 110 valence electrons. The minimum absolute atomic E-state index is 0.00554. The van der Waals surface area contributed by atoms with E-state index in [9.17, 15) is 8.42 Å². The van der Waals surface area contributed by atoms with Crippen LogP contribution in [0.25, 0.3) is 0 Å². The predicted molar refractivity (Wildman–Crippen MR) is 72.1 cm³/mol. The normalized spacial score (nSPS) is 13.6. The van der Waals surface area contributed by atoms with Crippen LogP contribution in [-0.4, -0.2) is 33.0 Å². The van der Waals surface area contributed by atoms with Gasteiger partial charge in [-0.1, -0.05) is 0 Å². The summed E-state index contributed by atoms with van der Waals surface area (Å²) in [4.78, 5) is -0.00554. The summed E-state index contributed by atoms with van der Waals surface area (Å²) in [5.41, 5.74) is 6.14. The molecule has 2 aromatic heterocycles. The van der Waals surface area contributed by atoms with E-state index in [2.05, 4.69) is 20.0 Å². The second-order valence-corrected chi connectivity index (χ2v) is 6.22. The van der Waals surface area contributed by atoms with E-state index in [-0.39, 0.29) is 10.7 Å². The summed E-state index contributed by atoms with van der Waals surface area (Å²) in [5, 5.41) is 11.5. The van der Waals surface area contributed by atoms with Gasteiger partial charge in [-0.05, 0) is 13.8 Å². The summed E-state index contributed by atoms with van der Waals surface area (Å²) >= 11 is 0. The number of aryl methyl sites for hydroxylation is 2. The summed E-state index contributed by atoms with van der Waals surface area (Å²) in [5.74, 6) is 0.483. The molecule has 0 aliphatic rings. The van der Waals surface area contributed by atoms with Crippen molar-refractivity contribution in [2.75, 3.05) is 5.73 Å². The van der Waals surface area contributed by atoms with Crippen molar-refractivity contribution >= 4 is 15.8 Å². The molecule has 1 atom stereocenters. The zero-order chi connectivity index (χ0) is 15.1. The van der Waals surface area contributed by atoms with Crippen LogP contribution in [0.1, 0.15) is 24.5 Å². The maximum absolute atomic E-state index is 12.4. The quantitative estimate of drug-likeness (QED) is 0.783. The van der Waals surface area contributed by atoms with E-state index >= 15 is 0 Å². The number of hydrogen-bond acceptors (Lipinski definition) is 6. The van der Waals surface area contributed by atoms with Crippen LogP contribution in [0.15, 0.2) is 11.2 Å². The molecule has 0 spiro atoms. The molecule has 0 fully saturated rings. The molecule has 1 unspecified atom stereocenters. The third-order valence-electron chi connectivity index (χ3n) is 3.04. The molecule has 2 heterocycles. The molecule has 3 N–H and O–H groups in total. The minimum atomic E-state index is -3.78. The van der Waals surface area contributed by atoms with Gasteiger partial charge in [-0.3, -0.25) is 4.68 Å². The topological polar surface area (TPSA) is 121 Å². The predicted octanol–water partition coefficient (Wildman–Crippen LogP) is -0.521. The number of anilines is 1. The number of hydrogen-bond donors (Lipinski definition) is 2. The first-order chi connectivity index (χ1) is 9.24. The number of aromatic nitrogens is 5. The van der Waals surface area contributed by atoms with Gasteiger partial charge in [0.05, 0.1) is 11.7 Å². The summed E-state index contributed by atoms with van der Waals surface area (Å²) < 4.78 is 30.4. The molecular weight excluding hydrogens is 282 g/mol. The van der Waals surface area contributed by atoms with Crippen molar-refractivity contribution in [1.82, 2.24) is 29.3 Å². The first-order valence-electron chi connectivity index (χ1n) is 5.89. The van der Waals surface area contributed by atoms with Crippen LogP contribution in [0.2, 0.25) is 0 Å². The number of sulfonamides is 1. The third-order valence-corrected chi connectivity index (χ3v) is 4.74. The monoisotopic (exact) mass is 299 g/mol. The van der Waals surface area contributed by atoms with Gasteiger partial charge in [0.15, 0.2) is 5.82 Å². The number of nitrogens with one attached hydrogen (secondary N) is 1. The first kappa shape index (κ1) is 14.5. The first-order valence-corrected chi connectivity index (χ1v) is 7.37. The number of nitrogens with two attached hydrogens (primary N) is 1. The fourth-order valence-corrected chi connectivity index (χ4v) is 3.50. The standard InChI is InChI=1S/C10H17N7O2S/c1-6(10-13-12-5-16(10)3)15-20(18,19)8-7(2)17(4)14-9(8)11/h5-6,15H,1-4H3,(H2,11,14). The van der Waals surface area contributed by atoms with Crippen LogP contribution in [0.3, 0.4) is 0 Å². The molecule has 0 aliphatic carbocycles. The molecule has 9 nitrogen and oxygen atoms in total. The smallest absolute Gasteiger partial charge is 0.246 e. The Hall–Kier alpha value is -1.94. The van der Waals surface area contributed by atoms with Gasteiger partial charge in [0.25, 0.3) is 0 Å². The average molecular weight is 299 g/mol. The van der Waals surface area contributed by atoms with Crippen LogP contribution in [0.5, 0.6) is 0 Å². The zero-order valence-electron chi connectivity index (χ0n) is 11.7. The number of rotatable bonds is 4. The molecule has 0 saturated carbocycles. The van der Waals surface area contributed by atoms with E-state index in [4.69, 9.17) is 5.73 Å². The van der Waals surface area contributed by atoms with Gasteiger partial charge in [0.1, 0.15) is 17.0 Å². The van der Waals surface area contributed by atoms with E-state index in [0.29, 0.717) is 11.5 Å². The van der Waals surface area contributed by atoms with E-state index < -0.39 is 16.1 Å². The Morgan fingerprint density at radius 3 is 2.50 bits per heavy atom. The van der Waals surface area contributed by atoms with Crippen molar-refractivity contribution in [1.29, 1.82) is 0 Å². The highest BCUT2D eigenvalue weighted by Crippen LogP contribution is 2.23. The summed E-state index contributed by atoms with van der Waals surface area (Å²) in [6.07, 6.45) is 1.50. The molecule has 2 aromatic rings. The molecule has 10 heteroatoms. The molecule has 2 rings (SSSR count). The van der Waals surface area contributed by atoms with Crippen molar-refractivity contribution in [2.24, 2.45) is 14.1 Å². The maximum atomic E-state index is 12.4. The summed E-state index contributed by atoms with van der Waals surface area (Å²) in [6, 6.07) is -0.536. The lowest BCUT2D eigenvalue weighted by Crippen LogP contribution is -2.29. The van der Waals surface area contributed by atoms with Gasteiger partial charge in [0.2, 0.25) is 10.0 Å². The molecule has 0 saturated heterocycles. The SMILES string of the molecule is Cc1c(S(=O)(=O)NC(C)c2nncn2C)c(N)nn1C. The van der Waals surface area contributed by atoms with Crippen molar-refractivity contribution in [2.45, 2.75) is 24.8 Å². The van der Waals surface area contributed by atoms with Gasteiger partial charge in [-0.25, -0.2) is 13.1 Å². The Morgan fingerprint density at radius 1 is 1.40 bits per heavy atom. The lowest BCUT2D eigenvalue weighted by atomic mass is 10.3. The van der Waals surface area contributed by atoms with Gasteiger partial charge >= 0.3 is 0 Å². The second kappa shape index (κ2) is 4.87. The molecule has 0 bridgehead atoms. The Morgan fingerprint density at radius 2 is 2.05 bits per heavy atom. The molecule has 0 radical (unpaired) electrons. The number of nitrogens with zero attached hydrogens (tertiary/aromatic N) is 5. The fraction of sp³-hybridized carbons (Fsp3) is 0.500. The van der Waals surface area contributed by atoms with Crippen molar-refractivity contribution < 1.29 is 8.42 Å². The van der Waals surface area contributed by atoms with Gasteiger partial charge in [-0.15, -0.1) is 10.2 Å². The van der Waals surface area contributed by atoms with Crippen LogP contribution in [0, 0.1) is 6.92 Å². The van der Waals surface area contributed by atoms with Crippen molar-refractivity contribution in [3.63, 3.8) is 0 Å². The lowest BCUT2D eigenvalue weighted by molar-refractivity contribution is 0.552.